The topological polar surface area (TPSA) is 42.7 Å². The third-order valence-electron chi connectivity index (χ3n) is 4.30. The van der Waals surface area contributed by atoms with Crippen molar-refractivity contribution >= 4 is 27.3 Å². The molecule has 2 aromatic heterocycles. The van der Waals surface area contributed by atoms with E-state index in [0.717, 1.165) is 24.6 Å². The molecule has 0 radical (unpaired) electrons. The Labute approximate surface area is 147 Å². The Morgan fingerprint density at radius 2 is 2.09 bits per heavy atom. The van der Waals surface area contributed by atoms with E-state index in [1.165, 1.54) is 25.5 Å². The summed E-state index contributed by atoms with van der Waals surface area (Å²) in [6.45, 7) is 5.01. The molecule has 0 unspecified atom stereocenters. The van der Waals surface area contributed by atoms with E-state index >= 15 is 0 Å². The van der Waals surface area contributed by atoms with Crippen molar-refractivity contribution in [3.63, 3.8) is 0 Å². The number of hydrogen-bond donors (Lipinski definition) is 1. The van der Waals surface area contributed by atoms with Gasteiger partial charge in [0, 0.05) is 12.1 Å². The van der Waals surface area contributed by atoms with Crippen LogP contribution in [-0.2, 0) is 13.0 Å². The molecule has 1 atom stereocenters. The SMILES string of the molecule is Cc1nnc2n1-c1sc(Br)c(Cc3ccccc3)c1CN[C@H]2C. The van der Waals surface area contributed by atoms with Gasteiger partial charge in [-0.15, -0.1) is 21.5 Å². The van der Waals surface area contributed by atoms with Gasteiger partial charge in [0.1, 0.15) is 10.8 Å². The number of fused-ring (bicyclic) bond motifs is 3. The molecule has 6 heteroatoms. The van der Waals surface area contributed by atoms with Crippen molar-refractivity contribution in [2.45, 2.75) is 32.9 Å². The lowest BCUT2D eigenvalue weighted by Gasteiger charge is -2.09. The van der Waals surface area contributed by atoms with Crippen LogP contribution in [0.5, 0.6) is 0 Å². The molecule has 3 heterocycles. The highest BCUT2D eigenvalue weighted by Crippen LogP contribution is 2.40. The fourth-order valence-corrected chi connectivity index (χ4v) is 5.01. The highest BCUT2D eigenvalue weighted by molar-refractivity contribution is 9.11. The first-order valence-electron chi connectivity index (χ1n) is 7.64. The largest absolute Gasteiger partial charge is 0.303 e. The van der Waals surface area contributed by atoms with Gasteiger partial charge in [-0.1, -0.05) is 30.3 Å². The van der Waals surface area contributed by atoms with Crippen LogP contribution in [0.2, 0.25) is 0 Å². The van der Waals surface area contributed by atoms with Gasteiger partial charge < -0.3 is 5.32 Å². The zero-order valence-corrected chi connectivity index (χ0v) is 15.4. The van der Waals surface area contributed by atoms with Gasteiger partial charge in [-0.2, -0.15) is 0 Å². The summed E-state index contributed by atoms with van der Waals surface area (Å²) < 4.78 is 3.39. The van der Waals surface area contributed by atoms with E-state index in [1.54, 1.807) is 11.3 Å². The van der Waals surface area contributed by atoms with Crippen LogP contribution in [0.25, 0.3) is 5.00 Å². The van der Waals surface area contributed by atoms with Crippen molar-refractivity contribution in [3.8, 4) is 5.00 Å². The van der Waals surface area contributed by atoms with Crippen molar-refractivity contribution in [1.82, 2.24) is 20.1 Å². The molecule has 0 fully saturated rings. The van der Waals surface area contributed by atoms with Gasteiger partial charge in [-0.05, 0) is 47.3 Å². The molecule has 0 aliphatic carbocycles. The lowest BCUT2D eigenvalue weighted by atomic mass is 10.0. The Hall–Kier alpha value is -1.50. The minimum atomic E-state index is 0.194. The van der Waals surface area contributed by atoms with Crippen molar-refractivity contribution in [3.05, 3.63) is 62.5 Å². The standard InChI is InChI=1S/C17H17BrN4S/c1-10-16-21-20-11(2)22(16)17-14(9-19-10)13(15(18)23-17)8-12-6-4-3-5-7-12/h3-7,10,19H,8-9H2,1-2H3/t10-/m0/s1. The molecule has 23 heavy (non-hydrogen) atoms. The molecule has 4 nitrogen and oxygen atoms in total. The first-order valence-corrected chi connectivity index (χ1v) is 9.25. The Morgan fingerprint density at radius 1 is 1.30 bits per heavy atom. The van der Waals surface area contributed by atoms with Crippen molar-refractivity contribution in [2.75, 3.05) is 0 Å². The van der Waals surface area contributed by atoms with Gasteiger partial charge >= 0.3 is 0 Å². The van der Waals surface area contributed by atoms with Gasteiger partial charge in [0.25, 0.3) is 0 Å². The number of benzene rings is 1. The van der Waals surface area contributed by atoms with E-state index in [4.69, 9.17) is 0 Å². The van der Waals surface area contributed by atoms with Gasteiger partial charge in [-0.3, -0.25) is 4.57 Å². The van der Waals surface area contributed by atoms with E-state index < -0.39 is 0 Å². The first-order chi connectivity index (χ1) is 11.1. The summed E-state index contributed by atoms with van der Waals surface area (Å²) in [5.41, 5.74) is 4.03. The van der Waals surface area contributed by atoms with E-state index in [-0.39, 0.29) is 6.04 Å². The van der Waals surface area contributed by atoms with Crippen LogP contribution in [0.1, 0.15) is 41.3 Å². The summed E-state index contributed by atoms with van der Waals surface area (Å²) >= 11 is 5.55. The average Bonchev–Trinajstić information content (AvgIpc) is 3.03. The Kier molecular flexibility index (Phi) is 3.83. The van der Waals surface area contributed by atoms with Crippen LogP contribution in [0.4, 0.5) is 0 Å². The fraction of sp³-hybridized carbons (Fsp3) is 0.294. The van der Waals surface area contributed by atoms with Crippen LogP contribution in [0, 0.1) is 6.92 Å². The normalized spacial score (nSPS) is 16.7. The van der Waals surface area contributed by atoms with Crippen molar-refractivity contribution < 1.29 is 0 Å². The molecule has 1 aliphatic rings. The molecular formula is C17H17BrN4S. The molecule has 0 bridgehead atoms. The third-order valence-corrected chi connectivity index (χ3v) is 6.31. The Balaban J connectivity index is 1.85. The van der Waals surface area contributed by atoms with Gasteiger partial charge in [0.15, 0.2) is 5.82 Å². The summed E-state index contributed by atoms with van der Waals surface area (Å²) in [5.74, 6) is 1.93. The fourth-order valence-electron chi connectivity index (χ4n) is 3.05. The third kappa shape index (κ3) is 2.55. The summed E-state index contributed by atoms with van der Waals surface area (Å²) in [6, 6.07) is 10.8. The summed E-state index contributed by atoms with van der Waals surface area (Å²) in [4.78, 5) is 0. The molecule has 0 amide bonds. The van der Waals surface area contributed by atoms with Crippen LogP contribution in [0.15, 0.2) is 34.1 Å². The molecule has 0 saturated heterocycles. The van der Waals surface area contributed by atoms with E-state index in [1.807, 2.05) is 6.92 Å². The molecule has 0 saturated carbocycles. The molecule has 0 spiro atoms. The maximum atomic E-state index is 4.36. The number of nitrogens with one attached hydrogen (secondary N) is 1. The van der Waals surface area contributed by atoms with Gasteiger partial charge in [-0.25, -0.2) is 0 Å². The van der Waals surface area contributed by atoms with Crippen LogP contribution < -0.4 is 5.32 Å². The lowest BCUT2D eigenvalue weighted by molar-refractivity contribution is 0.551. The van der Waals surface area contributed by atoms with Crippen molar-refractivity contribution in [1.29, 1.82) is 0 Å². The molecule has 4 rings (SSSR count). The molecule has 1 aliphatic heterocycles. The molecule has 1 aromatic carbocycles. The number of thiophene rings is 1. The maximum Gasteiger partial charge on any atom is 0.155 e. The predicted molar refractivity (Wildman–Crippen MR) is 96.2 cm³/mol. The zero-order valence-electron chi connectivity index (χ0n) is 13.0. The smallest absolute Gasteiger partial charge is 0.155 e. The van der Waals surface area contributed by atoms with Gasteiger partial charge in [0.2, 0.25) is 0 Å². The van der Waals surface area contributed by atoms with E-state index in [9.17, 15) is 0 Å². The average molecular weight is 389 g/mol. The van der Waals surface area contributed by atoms with Crippen molar-refractivity contribution in [2.24, 2.45) is 0 Å². The number of halogens is 1. The molecule has 3 aromatic rings. The highest BCUT2D eigenvalue weighted by atomic mass is 79.9. The number of aryl methyl sites for hydroxylation is 1. The lowest BCUT2D eigenvalue weighted by Crippen LogP contribution is -2.18. The minimum Gasteiger partial charge on any atom is -0.303 e. The van der Waals surface area contributed by atoms with E-state index in [0.29, 0.717) is 0 Å². The van der Waals surface area contributed by atoms with E-state index in [2.05, 4.69) is 73.3 Å². The minimum absolute atomic E-state index is 0.194. The second-order valence-corrected chi connectivity index (χ2v) is 8.16. The van der Waals surface area contributed by atoms with Crippen LogP contribution >= 0.6 is 27.3 Å². The number of rotatable bonds is 2. The quantitative estimate of drug-likeness (QED) is 0.716. The number of nitrogens with zero attached hydrogens (tertiary/aromatic N) is 3. The molecular weight excluding hydrogens is 372 g/mol. The predicted octanol–water partition coefficient (Wildman–Crippen LogP) is 4.15. The maximum absolute atomic E-state index is 4.36. The zero-order chi connectivity index (χ0) is 16.0. The summed E-state index contributed by atoms with van der Waals surface area (Å²) in [6.07, 6.45) is 0.930. The van der Waals surface area contributed by atoms with Gasteiger partial charge in [0.05, 0.1) is 9.83 Å². The summed E-state index contributed by atoms with van der Waals surface area (Å²) in [7, 11) is 0. The second kappa shape index (κ2) is 5.85. The Morgan fingerprint density at radius 3 is 2.87 bits per heavy atom. The molecule has 118 valence electrons. The highest BCUT2D eigenvalue weighted by Gasteiger charge is 2.27. The first kappa shape index (κ1) is 15.1. The second-order valence-electron chi connectivity index (χ2n) is 5.84. The Bertz CT molecular complexity index is 853. The monoisotopic (exact) mass is 388 g/mol. The molecule has 1 N–H and O–H groups in total. The number of aromatic nitrogens is 3. The number of hydrogen-bond acceptors (Lipinski definition) is 4. The van der Waals surface area contributed by atoms with Crippen LogP contribution in [0.3, 0.4) is 0 Å². The van der Waals surface area contributed by atoms with Crippen LogP contribution in [-0.4, -0.2) is 14.8 Å². The summed E-state index contributed by atoms with van der Waals surface area (Å²) in [5, 5.41) is 13.4.